The summed E-state index contributed by atoms with van der Waals surface area (Å²) in [6, 6.07) is 4.18. The molecule has 1 aromatic rings. The van der Waals surface area contributed by atoms with Gasteiger partial charge in [0.1, 0.15) is 0 Å². The maximum atomic E-state index is 12.4. The van der Waals surface area contributed by atoms with Gasteiger partial charge in [0.05, 0.1) is 17.5 Å². The Morgan fingerprint density at radius 2 is 2.17 bits per heavy atom. The van der Waals surface area contributed by atoms with Gasteiger partial charge >= 0.3 is 0 Å². The van der Waals surface area contributed by atoms with Crippen LogP contribution in [0.3, 0.4) is 0 Å². The molecule has 1 amide bonds. The van der Waals surface area contributed by atoms with Crippen molar-refractivity contribution in [1.29, 1.82) is 5.26 Å². The second kappa shape index (κ2) is 5.98. The lowest BCUT2D eigenvalue weighted by Gasteiger charge is -2.33. The molecule has 0 spiro atoms. The summed E-state index contributed by atoms with van der Waals surface area (Å²) in [6.07, 6.45) is 0.902. The van der Waals surface area contributed by atoms with E-state index in [1.807, 2.05) is 16.3 Å². The Morgan fingerprint density at radius 3 is 2.78 bits per heavy atom. The zero-order chi connectivity index (χ0) is 13.0. The van der Waals surface area contributed by atoms with Crippen molar-refractivity contribution in [2.75, 3.05) is 32.7 Å². The number of nitrogens with zero attached hydrogens (tertiary/aromatic N) is 3. The first-order chi connectivity index (χ1) is 8.76. The van der Waals surface area contributed by atoms with Crippen molar-refractivity contribution < 1.29 is 4.79 Å². The highest BCUT2D eigenvalue weighted by Crippen LogP contribution is 2.20. The summed E-state index contributed by atoms with van der Waals surface area (Å²) in [6.45, 7) is 5.58. The van der Waals surface area contributed by atoms with E-state index in [4.69, 9.17) is 5.26 Å². The van der Waals surface area contributed by atoms with E-state index in [0.29, 0.717) is 6.54 Å². The van der Waals surface area contributed by atoms with E-state index in [0.717, 1.165) is 43.0 Å². The molecule has 1 saturated heterocycles. The van der Waals surface area contributed by atoms with Crippen LogP contribution in [0.4, 0.5) is 0 Å². The number of aryl methyl sites for hydroxylation is 1. The van der Waals surface area contributed by atoms with Gasteiger partial charge in [0.15, 0.2) is 0 Å². The summed E-state index contributed by atoms with van der Waals surface area (Å²) < 4.78 is 0. The minimum atomic E-state index is 0.151. The van der Waals surface area contributed by atoms with E-state index in [-0.39, 0.29) is 5.91 Å². The second-order valence-corrected chi connectivity index (χ2v) is 5.27. The molecule has 4 nitrogen and oxygen atoms in total. The zero-order valence-corrected chi connectivity index (χ0v) is 11.4. The number of carbonyl (C=O) groups excluding carboxylic acids is 1. The minimum absolute atomic E-state index is 0.151. The van der Waals surface area contributed by atoms with Crippen LogP contribution in [0.1, 0.15) is 22.2 Å². The number of carbonyl (C=O) groups is 1. The summed E-state index contributed by atoms with van der Waals surface area (Å²) in [5, 5.41) is 10.6. The molecule has 0 saturated carbocycles. The van der Waals surface area contributed by atoms with Crippen molar-refractivity contribution in [2.24, 2.45) is 0 Å². The molecule has 1 aliphatic heterocycles. The molecule has 0 unspecified atom stereocenters. The Morgan fingerprint density at radius 1 is 1.44 bits per heavy atom. The van der Waals surface area contributed by atoms with E-state index >= 15 is 0 Å². The Hall–Kier alpha value is -1.38. The standard InChI is InChI=1S/C13H17N3OS/c1-2-11-3-10-18-12(11)13(17)16-8-6-15(5-4-14)7-9-16/h3,10H,2,5-9H2,1H3. The maximum Gasteiger partial charge on any atom is 0.264 e. The molecule has 2 heterocycles. The Bertz CT molecular complexity index is 455. The van der Waals surface area contributed by atoms with Gasteiger partial charge in [-0.2, -0.15) is 5.26 Å². The molecule has 1 aliphatic rings. The number of hydrogen-bond donors (Lipinski definition) is 0. The van der Waals surface area contributed by atoms with E-state index in [2.05, 4.69) is 17.9 Å². The van der Waals surface area contributed by atoms with Gasteiger partial charge in [0, 0.05) is 26.2 Å². The lowest BCUT2D eigenvalue weighted by atomic mass is 10.2. The van der Waals surface area contributed by atoms with Gasteiger partial charge in [0.25, 0.3) is 5.91 Å². The number of rotatable bonds is 3. The van der Waals surface area contributed by atoms with Gasteiger partial charge in [-0.25, -0.2) is 0 Å². The van der Waals surface area contributed by atoms with Gasteiger partial charge in [-0.3, -0.25) is 9.69 Å². The molecule has 96 valence electrons. The van der Waals surface area contributed by atoms with E-state index in [9.17, 15) is 4.79 Å². The summed E-state index contributed by atoms with van der Waals surface area (Å²) in [5.41, 5.74) is 1.14. The monoisotopic (exact) mass is 263 g/mol. The SMILES string of the molecule is CCc1ccsc1C(=O)N1CCN(CC#N)CC1. The first kappa shape index (κ1) is 13.1. The first-order valence-electron chi connectivity index (χ1n) is 6.21. The minimum Gasteiger partial charge on any atom is -0.335 e. The fraction of sp³-hybridized carbons (Fsp3) is 0.538. The van der Waals surface area contributed by atoms with E-state index in [1.165, 1.54) is 11.3 Å². The van der Waals surface area contributed by atoms with Crippen LogP contribution < -0.4 is 0 Å². The largest absolute Gasteiger partial charge is 0.335 e. The van der Waals surface area contributed by atoms with Gasteiger partial charge in [-0.1, -0.05) is 6.92 Å². The predicted octanol–water partition coefficient (Wildman–Crippen LogP) is 1.59. The highest BCUT2D eigenvalue weighted by atomic mass is 32.1. The lowest BCUT2D eigenvalue weighted by molar-refractivity contribution is 0.0655. The molecule has 0 aromatic carbocycles. The van der Waals surface area contributed by atoms with Crippen molar-refractivity contribution in [2.45, 2.75) is 13.3 Å². The van der Waals surface area contributed by atoms with Crippen molar-refractivity contribution >= 4 is 17.2 Å². The van der Waals surface area contributed by atoms with Gasteiger partial charge in [-0.05, 0) is 23.4 Å². The molecule has 0 atom stereocenters. The van der Waals surface area contributed by atoms with Crippen LogP contribution in [-0.2, 0) is 6.42 Å². The molecule has 1 aromatic heterocycles. The fourth-order valence-corrected chi connectivity index (χ4v) is 3.12. The van der Waals surface area contributed by atoms with Crippen LogP contribution in [0.15, 0.2) is 11.4 Å². The topological polar surface area (TPSA) is 47.3 Å². The summed E-state index contributed by atoms with van der Waals surface area (Å²) >= 11 is 1.53. The van der Waals surface area contributed by atoms with Crippen molar-refractivity contribution in [3.05, 3.63) is 21.9 Å². The number of piperazine rings is 1. The number of hydrogen-bond acceptors (Lipinski definition) is 4. The van der Waals surface area contributed by atoms with Crippen LogP contribution in [0, 0.1) is 11.3 Å². The quantitative estimate of drug-likeness (QED) is 0.778. The van der Waals surface area contributed by atoms with Crippen molar-refractivity contribution in [1.82, 2.24) is 9.80 Å². The number of thiophene rings is 1. The van der Waals surface area contributed by atoms with E-state index in [1.54, 1.807) is 0 Å². The highest BCUT2D eigenvalue weighted by molar-refractivity contribution is 7.12. The first-order valence-corrected chi connectivity index (χ1v) is 7.09. The van der Waals surface area contributed by atoms with Crippen molar-refractivity contribution in [3.63, 3.8) is 0 Å². The van der Waals surface area contributed by atoms with Crippen molar-refractivity contribution in [3.8, 4) is 6.07 Å². The Balaban J connectivity index is 1.98. The summed E-state index contributed by atoms with van der Waals surface area (Å²) in [4.78, 5) is 17.2. The summed E-state index contributed by atoms with van der Waals surface area (Å²) in [7, 11) is 0. The van der Waals surface area contributed by atoms with Crippen LogP contribution in [0.5, 0.6) is 0 Å². The normalized spacial score (nSPS) is 16.6. The molecular weight excluding hydrogens is 246 g/mol. The smallest absolute Gasteiger partial charge is 0.264 e. The molecular formula is C13H17N3OS. The third-order valence-corrected chi connectivity index (χ3v) is 4.22. The third kappa shape index (κ3) is 2.71. The van der Waals surface area contributed by atoms with Gasteiger partial charge in [0.2, 0.25) is 0 Å². The van der Waals surface area contributed by atoms with Crippen LogP contribution in [0.25, 0.3) is 0 Å². The van der Waals surface area contributed by atoms with Crippen LogP contribution in [0.2, 0.25) is 0 Å². The second-order valence-electron chi connectivity index (χ2n) is 4.35. The molecule has 2 rings (SSSR count). The molecule has 0 radical (unpaired) electrons. The number of nitriles is 1. The molecule has 1 fully saturated rings. The zero-order valence-electron chi connectivity index (χ0n) is 10.6. The summed E-state index contributed by atoms with van der Waals surface area (Å²) in [5.74, 6) is 0.151. The average molecular weight is 263 g/mol. The molecule has 18 heavy (non-hydrogen) atoms. The third-order valence-electron chi connectivity index (χ3n) is 3.28. The van der Waals surface area contributed by atoms with Gasteiger partial charge < -0.3 is 4.90 Å². The molecule has 0 N–H and O–H groups in total. The maximum absolute atomic E-state index is 12.4. The number of amides is 1. The lowest BCUT2D eigenvalue weighted by Crippen LogP contribution is -2.48. The Labute approximate surface area is 111 Å². The Kier molecular flexibility index (Phi) is 4.34. The molecule has 0 aliphatic carbocycles. The van der Waals surface area contributed by atoms with E-state index < -0.39 is 0 Å². The highest BCUT2D eigenvalue weighted by Gasteiger charge is 2.23. The average Bonchev–Trinajstić information content (AvgIpc) is 2.87. The fourth-order valence-electron chi connectivity index (χ4n) is 2.15. The molecule has 0 bridgehead atoms. The predicted molar refractivity (Wildman–Crippen MR) is 71.7 cm³/mol. The van der Waals surface area contributed by atoms with Gasteiger partial charge in [-0.15, -0.1) is 11.3 Å². The van der Waals surface area contributed by atoms with Crippen LogP contribution in [-0.4, -0.2) is 48.4 Å². The van der Waals surface area contributed by atoms with Crippen LogP contribution >= 0.6 is 11.3 Å². The molecule has 5 heteroatoms.